The Balaban J connectivity index is 1.81. The van der Waals surface area contributed by atoms with Crippen molar-refractivity contribution in [2.75, 3.05) is 11.4 Å². The van der Waals surface area contributed by atoms with Crippen LogP contribution in [0.2, 0.25) is 0 Å². The SMILES string of the molecule is N#Cc1ccc([C@@H]2NC(=O)c3cccc4c3N2CCC4)cc1. The van der Waals surface area contributed by atoms with E-state index in [0.29, 0.717) is 5.56 Å². The quantitative estimate of drug-likeness (QED) is 0.878. The fraction of sp³-hybridized carbons (Fsp3) is 0.222. The molecule has 0 unspecified atom stereocenters. The van der Waals surface area contributed by atoms with Gasteiger partial charge in [0.1, 0.15) is 6.17 Å². The number of benzene rings is 2. The zero-order valence-electron chi connectivity index (χ0n) is 12.0. The van der Waals surface area contributed by atoms with Crippen molar-refractivity contribution in [3.63, 3.8) is 0 Å². The Morgan fingerprint density at radius 1 is 1.18 bits per heavy atom. The molecule has 2 aliphatic heterocycles. The predicted molar refractivity (Wildman–Crippen MR) is 83.5 cm³/mol. The molecule has 0 saturated heterocycles. The Bertz CT molecular complexity index is 789. The molecule has 1 atom stereocenters. The van der Waals surface area contributed by atoms with Gasteiger partial charge in [-0.05, 0) is 42.2 Å². The molecule has 22 heavy (non-hydrogen) atoms. The summed E-state index contributed by atoms with van der Waals surface area (Å²) in [5.74, 6) is -0.0237. The van der Waals surface area contributed by atoms with E-state index < -0.39 is 0 Å². The fourth-order valence-electron chi connectivity index (χ4n) is 3.41. The third kappa shape index (κ3) is 1.86. The van der Waals surface area contributed by atoms with E-state index in [9.17, 15) is 4.79 Å². The van der Waals surface area contributed by atoms with Crippen LogP contribution in [-0.4, -0.2) is 12.5 Å². The lowest BCUT2D eigenvalue weighted by Gasteiger charge is -2.42. The number of para-hydroxylation sites is 1. The van der Waals surface area contributed by atoms with E-state index in [1.165, 1.54) is 5.56 Å². The lowest BCUT2D eigenvalue weighted by atomic mass is 9.93. The van der Waals surface area contributed by atoms with Crippen LogP contribution >= 0.6 is 0 Å². The Kier molecular flexibility index (Phi) is 2.87. The lowest BCUT2D eigenvalue weighted by molar-refractivity contribution is 0.0925. The summed E-state index contributed by atoms with van der Waals surface area (Å²) < 4.78 is 0. The van der Waals surface area contributed by atoms with Crippen LogP contribution in [0.3, 0.4) is 0 Å². The minimum Gasteiger partial charge on any atom is -0.347 e. The summed E-state index contributed by atoms with van der Waals surface area (Å²) in [7, 11) is 0. The van der Waals surface area contributed by atoms with Gasteiger partial charge < -0.3 is 10.2 Å². The normalized spacial score (nSPS) is 19.1. The average molecular weight is 289 g/mol. The van der Waals surface area contributed by atoms with Crippen LogP contribution in [0.15, 0.2) is 42.5 Å². The van der Waals surface area contributed by atoms with Gasteiger partial charge >= 0.3 is 0 Å². The number of nitrogens with one attached hydrogen (secondary N) is 1. The van der Waals surface area contributed by atoms with Crippen molar-refractivity contribution in [2.45, 2.75) is 19.0 Å². The van der Waals surface area contributed by atoms with Crippen molar-refractivity contribution in [1.29, 1.82) is 5.26 Å². The number of hydrogen-bond acceptors (Lipinski definition) is 3. The average Bonchev–Trinajstić information content (AvgIpc) is 2.58. The maximum atomic E-state index is 12.4. The van der Waals surface area contributed by atoms with Gasteiger partial charge in [-0.3, -0.25) is 4.79 Å². The van der Waals surface area contributed by atoms with E-state index in [1.54, 1.807) is 12.1 Å². The summed E-state index contributed by atoms with van der Waals surface area (Å²) in [5.41, 5.74) is 4.73. The first-order valence-corrected chi connectivity index (χ1v) is 7.47. The molecule has 4 heteroatoms. The monoisotopic (exact) mass is 289 g/mol. The molecule has 0 saturated carbocycles. The van der Waals surface area contributed by atoms with Crippen molar-refractivity contribution in [3.05, 3.63) is 64.7 Å². The number of anilines is 1. The molecule has 0 aromatic heterocycles. The van der Waals surface area contributed by atoms with E-state index in [-0.39, 0.29) is 12.1 Å². The molecular formula is C18H15N3O. The molecule has 2 aromatic carbocycles. The Labute approximate surface area is 129 Å². The second kappa shape index (κ2) is 4.88. The molecule has 0 spiro atoms. The number of nitriles is 1. The highest BCUT2D eigenvalue weighted by atomic mass is 16.2. The van der Waals surface area contributed by atoms with Crippen molar-refractivity contribution < 1.29 is 4.79 Å². The molecule has 0 bridgehead atoms. The van der Waals surface area contributed by atoms with Crippen LogP contribution in [0.5, 0.6) is 0 Å². The molecule has 0 fully saturated rings. The topological polar surface area (TPSA) is 56.1 Å². The standard InChI is InChI=1S/C18H15N3O/c19-11-12-6-8-14(9-7-12)17-20-18(22)15-5-1-3-13-4-2-10-21(17)16(13)15/h1,3,5-9,17H,2,4,10H2,(H,20,22)/t17-/m1/s1. The molecule has 1 N–H and O–H groups in total. The highest BCUT2D eigenvalue weighted by Gasteiger charge is 2.34. The van der Waals surface area contributed by atoms with E-state index in [2.05, 4.69) is 22.4 Å². The lowest BCUT2D eigenvalue weighted by Crippen LogP contribution is -2.48. The number of hydrogen-bond donors (Lipinski definition) is 1. The van der Waals surface area contributed by atoms with Crippen molar-refractivity contribution in [1.82, 2.24) is 5.32 Å². The smallest absolute Gasteiger partial charge is 0.255 e. The van der Waals surface area contributed by atoms with Crippen molar-refractivity contribution in [2.24, 2.45) is 0 Å². The summed E-state index contributed by atoms with van der Waals surface area (Å²) in [4.78, 5) is 14.7. The van der Waals surface area contributed by atoms with Crippen LogP contribution in [0.1, 0.15) is 39.6 Å². The van der Waals surface area contributed by atoms with Crippen LogP contribution in [-0.2, 0) is 6.42 Å². The van der Waals surface area contributed by atoms with E-state index in [4.69, 9.17) is 5.26 Å². The third-order valence-corrected chi connectivity index (χ3v) is 4.43. The third-order valence-electron chi connectivity index (χ3n) is 4.43. The van der Waals surface area contributed by atoms with Gasteiger partial charge in [0, 0.05) is 6.54 Å². The summed E-state index contributed by atoms with van der Waals surface area (Å²) in [6, 6.07) is 15.5. The van der Waals surface area contributed by atoms with Gasteiger partial charge in [-0.25, -0.2) is 0 Å². The largest absolute Gasteiger partial charge is 0.347 e. The minimum absolute atomic E-state index is 0.0237. The maximum Gasteiger partial charge on any atom is 0.255 e. The second-order valence-corrected chi connectivity index (χ2v) is 5.72. The van der Waals surface area contributed by atoms with Gasteiger partial charge in [0.05, 0.1) is 22.9 Å². The number of carbonyl (C=O) groups excluding carboxylic acids is 1. The highest BCUT2D eigenvalue weighted by Crippen LogP contribution is 2.39. The molecule has 0 aliphatic carbocycles. The molecule has 4 nitrogen and oxygen atoms in total. The molecule has 1 amide bonds. The van der Waals surface area contributed by atoms with Gasteiger partial charge in [0.25, 0.3) is 5.91 Å². The number of nitrogens with zero attached hydrogens (tertiary/aromatic N) is 2. The predicted octanol–water partition coefficient (Wildman–Crippen LogP) is 2.75. The zero-order valence-corrected chi connectivity index (χ0v) is 12.0. The Hall–Kier alpha value is -2.80. The molecule has 2 aromatic rings. The summed E-state index contributed by atoms with van der Waals surface area (Å²) >= 11 is 0. The summed E-state index contributed by atoms with van der Waals surface area (Å²) in [6.45, 7) is 0.926. The van der Waals surface area contributed by atoms with Crippen LogP contribution in [0.4, 0.5) is 5.69 Å². The van der Waals surface area contributed by atoms with Crippen LogP contribution < -0.4 is 10.2 Å². The number of rotatable bonds is 1. The van der Waals surface area contributed by atoms with Crippen LogP contribution in [0, 0.1) is 11.3 Å². The molecule has 2 aliphatic rings. The van der Waals surface area contributed by atoms with Crippen molar-refractivity contribution >= 4 is 11.6 Å². The van der Waals surface area contributed by atoms with Gasteiger partial charge in [-0.2, -0.15) is 5.26 Å². The molecule has 2 heterocycles. The first-order chi connectivity index (χ1) is 10.8. The first-order valence-electron chi connectivity index (χ1n) is 7.47. The van der Waals surface area contributed by atoms with E-state index >= 15 is 0 Å². The number of aryl methyl sites for hydroxylation is 1. The zero-order chi connectivity index (χ0) is 15.1. The molecule has 0 radical (unpaired) electrons. The summed E-state index contributed by atoms with van der Waals surface area (Å²) in [6.07, 6.45) is 1.95. The molecule has 4 rings (SSSR count). The fourth-order valence-corrected chi connectivity index (χ4v) is 3.41. The Morgan fingerprint density at radius 3 is 2.77 bits per heavy atom. The molecular weight excluding hydrogens is 274 g/mol. The first kappa shape index (κ1) is 12.9. The van der Waals surface area contributed by atoms with Gasteiger partial charge in [0.15, 0.2) is 0 Å². The maximum absolute atomic E-state index is 12.4. The second-order valence-electron chi connectivity index (χ2n) is 5.72. The number of carbonyl (C=O) groups is 1. The van der Waals surface area contributed by atoms with Gasteiger partial charge in [-0.15, -0.1) is 0 Å². The minimum atomic E-state index is -0.158. The van der Waals surface area contributed by atoms with Crippen molar-refractivity contribution in [3.8, 4) is 6.07 Å². The van der Waals surface area contributed by atoms with E-state index in [0.717, 1.165) is 36.2 Å². The Morgan fingerprint density at radius 2 is 2.00 bits per heavy atom. The highest BCUT2D eigenvalue weighted by molar-refractivity contribution is 6.03. The van der Waals surface area contributed by atoms with Crippen LogP contribution in [0.25, 0.3) is 0 Å². The van der Waals surface area contributed by atoms with E-state index in [1.807, 2.05) is 24.3 Å². The van der Waals surface area contributed by atoms with Gasteiger partial charge in [-0.1, -0.05) is 24.3 Å². The summed E-state index contributed by atoms with van der Waals surface area (Å²) in [5, 5.41) is 12.0. The number of amides is 1. The molecule has 108 valence electrons. The van der Waals surface area contributed by atoms with Gasteiger partial charge in [0.2, 0.25) is 0 Å².